The van der Waals surface area contributed by atoms with E-state index >= 15 is 0 Å². The standard InChI is InChI=1S/C49H37N/c1-3-4-16-38-34-48(47-27-11-10-25-45(47)35(38)2)41-22-15-24-44(33-41)50(43-23-14-21-40(32-43)36-17-6-5-7-18-36)49-28-13-12-26-46(49)42-30-29-37-19-8-9-20-39(37)31-42/h3-34H,1H2,2H3/b16-4-. The fourth-order valence-electron chi connectivity index (χ4n) is 7.09. The van der Waals surface area contributed by atoms with Crippen molar-refractivity contribution in [2.45, 2.75) is 6.92 Å². The molecule has 238 valence electrons. The monoisotopic (exact) mass is 639 g/mol. The molecule has 50 heavy (non-hydrogen) atoms. The summed E-state index contributed by atoms with van der Waals surface area (Å²) < 4.78 is 0. The van der Waals surface area contributed by atoms with Crippen molar-refractivity contribution in [2.24, 2.45) is 0 Å². The molecule has 0 bridgehead atoms. The van der Waals surface area contributed by atoms with E-state index in [0.717, 1.165) is 17.1 Å². The number of fused-ring (bicyclic) bond motifs is 2. The van der Waals surface area contributed by atoms with Crippen molar-refractivity contribution in [3.8, 4) is 33.4 Å². The number of benzene rings is 8. The van der Waals surface area contributed by atoms with Gasteiger partial charge in [0.25, 0.3) is 0 Å². The number of allylic oxidation sites excluding steroid dienone is 2. The van der Waals surface area contributed by atoms with E-state index in [2.05, 4.69) is 200 Å². The Morgan fingerprint density at radius 3 is 1.88 bits per heavy atom. The molecule has 8 rings (SSSR count). The first-order chi connectivity index (χ1) is 24.7. The average molecular weight is 640 g/mol. The van der Waals surface area contributed by atoms with Gasteiger partial charge < -0.3 is 4.90 Å². The molecule has 1 heteroatoms. The molecule has 1 nitrogen and oxygen atoms in total. The predicted octanol–water partition coefficient (Wildman–Crippen LogP) is 14.0. The van der Waals surface area contributed by atoms with Crippen molar-refractivity contribution in [2.75, 3.05) is 4.90 Å². The molecule has 0 spiro atoms. The number of aryl methyl sites for hydroxylation is 1. The summed E-state index contributed by atoms with van der Waals surface area (Å²) in [4.78, 5) is 2.41. The summed E-state index contributed by atoms with van der Waals surface area (Å²) >= 11 is 0. The van der Waals surface area contributed by atoms with Crippen molar-refractivity contribution in [3.63, 3.8) is 0 Å². The van der Waals surface area contributed by atoms with Gasteiger partial charge in [0.15, 0.2) is 0 Å². The van der Waals surface area contributed by atoms with E-state index in [1.807, 2.05) is 12.2 Å². The minimum absolute atomic E-state index is 1.09. The highest BCUT2D eigenvalue weighted by Crippen LogP contribution is 2.44. The Kier molecular flexibility index (Phi) is 8.39. The Morgan fingerprint density at radius 2 is 1.08 bits per heavy atom. The van der Waals surface area contributed by atoms with E-state index in [4.69, 9.17) is 0 Å². The highest BCUT2D eigenvalue weighted by Gasteiger charge is 2.19. The number of hydrogen-bond acceptors (Lipinski definition) is 1. The van der Waals surface area contributed by atoms with Crippen LogP contribution in [-0.2, 0) is 0 Å². The van der Waals surface area contributed by atoms with Crippen LogP contribution in [0, 0.1) is 6.92 Å². The van der Waals surface area contributed by atoms with Gasteiger partial charge in [0, 0.05) is 16.9 Å². The zero-order chi connectivity index (χ0) is 33.9. The van der Waals surface area contributed by atoms with Gasteiger partial charge in [-0.25, -0.2) is 0 Å². The van der Waals surface area contributed by atoms with E-state index in [9.17, 15) is 0 Å². The largest absolute Gasteiger partial charge is 0.310 e. The van der Waals surface area contributed by atoms with Crippen molar-refractivity contribution in [1.29, 1.82) is 0 Å². The average Bonchev–Trinajstić information content (AvgIpc) is 3.18. The maximum atomic E-state index is 3.91. The Bertz CT molecular complexity index is 2520. The molecule has 0 radical (unpaired) electrons. The van der Waals surface area contributed by atoms with Gasteiger partial charge in [-0.3, -0.25) is 0 Å². The zero-order valence-electron chi connectivity index (χ0n) is 28.1. The number of anilines is 3. The molecule has 0 aliphatic heterocycles. The Hall–Kier alpha value is -6.44. The van der Waals surface area contributed by atoms with E-state index in [1.54, 1.807) is 0 Å². The Balaban J connectivity index is 1.35. The smallest absolute Gasteiger partial charge is 0.0540 e. The van der Waals surface area contributed by atoms with Crippen LogP contribution in [0.4, 0.5) is 17.1 Å². The van der Waals surface area contributed by atoms with Crippen LogP contribution in [0.5, 0.6) is 0 Å². The van der Waals surface area contributed by atoms with Crippen molar-refractivity contribution >= 4 is 44.7 Å². The second-order valence-electron chi connectivity index (χ2n) is 12.7. The zero-order valence-corrected chi connectivity index (χ0v) is 28.1. The second kappa shape index (κ2) is 13.6. The van der Waals surface area contributed by atoms with Crippen LogP contribution < -0.4 is 4.90 Å². The summed E-state index contributed by atoms with van der Waals surface area (Å²) in [6.45, 7) is 6.12. The molecule has 8 aromatic rings. The third-order valence-corrected chi connectivity index (χ3v) is 9.60. The van der Waals surface area contributed by atoms with Crippen LogP contribution in [0.25, 0.3) is 61.0 Å². The minimum Gasteiger partial charge on any atom is -0.310 e. The summed E-state index contributed by atoms with van der Waals surface area (Å²) in [6.07, 6.45) is 6.01. The Labute approximate surface area is 294 Å². The summed E-state index contributed by atoms with van der Waals surface area (Å²) in [5.41, 5.74) is 12.9. The predicted molar refractivity (Wildman–Crippen MR) is 216 cm³/mol. The van der Waals surface area contributed by atoms with E-state index in [0.29, 0.717) is 0 Å². The van der Waals surface area contributed by atoms with Crippen LogP contribution in [0.1, 0.15) is 11.1 Å². The first-order valence-corrected chi connectivity index (χ1v) is 17.1. The molecule has 0 aliphatic carbocycles. The van der Waals surface area contributed by atoms with Crippen molar-refractivity contribution in [3.05, 3.63) is 206 Å². The van der Waals surface area contributed by atoms with Gasteiger partial charge in [0.05, 0.1) is 5.69 Å². The van der Waals surface area contributed by atoms with Crippen LogP contribution in [0.3, 0.4) is 0 Å². The van der Waals surface area contributed by atoms with Gasteiger partial charge in [-0.05, 0) is 110 Å². The fourth-order valence-corrected chi connectivity index (χ4v) is 7.09. The summed E-state index contributed by atoms with van der Waals surface area (Å²) in [6, 6.07) is 63.6. The molecule has 0 aliphatic rings. The van der Waals surface area contributed by atoms with E-state index < -0.39 is 0 Å². The lowest BCUT2D eigenvalue weighted by atomic mass is 9.91. The van der Waals surface area contributed by atoms with Gasteiger partial charge >= 0.3 is 0 Å². The van der Waals surface area contributed by atoms with Gasteiger partial charge in [0.2, 0.25) is 0 Å². The summed E-state index contributed by atoms with van der Waals surface area (Å²) in [5, 5.41) is 4.97. The highest BCUT2D eigenvalue weighted by atomic mass is 15.1. The molecule has 0 heterocycles. The molecule has 0 unspecified atom stereocenters. The summed E-state index contributed by atoms with van der Waals surface area (Å²) in [7, 11) is 0. The van der Waals surface area contributed by atoms with Crippen molar-refractivity contribution < 1.29 is 0 Å². The maximum Gasteiger partial charge on any atom is 0.0540 e. The van der Waals surface area contributed by atoms with Crippen LogP contribution >= 0.6 is 0 Å². The van der Waals surface area contributed by atoms with E-state index in [1.165, 1.54) is 66.1 Å². The minimum atomic E-state index is 1.09. The fraction of sp³-hybridized carbons (Fsp3) is 0.0204. The van der Waals surface area contributed by atoms with Crippen LogP contribution in [-0.4, -0.2) is 0 Å². The molecule has 0 aromatic heterocycles. The van der Waals surface area contributed by atoms with Crippen LogP contribution in [0.2, 0.25) is 0 Å². The maximum absolute atomic E-state index is 3.91. The second-order valence-corrected chi connectivity index (χ2v) is 12.7. The molecule has 0 N–H and O–H groups in total. The number of rotatable bonds is 8. The molecule has 0 saturated heterocycles. The molecule has 0 atom stereocenters. The number of para-hydroxylation sites is 1. The molecule has 8 aromatic carbocycles. The number of nitrogens with zero attached hydrogens (tertiary/aromatic N) is 1. The third kappa shape index (κ3) is 5.91. The van der Waals surface area contributed by atoms with Gasteiger partial charge in [-0.1, -0.05) is 158 Å². The normalized spacial score (nSPS) is 11.3. The third-order valence-electron chi connectivity index (χ3n) is 9.60. The van der Waals surface area contributed by atoms with E-state index in [-0.39, 0.29) is 0 Å². The summed E-state index contributed by atoms with van der Waals surface area (Å²) in [5.74, 6) is 0. The molecule has 0 amide bonds. The first-order valence-electron chi connectivity index (χ1n) is 17.1. The van der Waals surface area contributed by atoms with Gasteiger partial charge in [0.1, 0.15) is 0 Å². The number of hydrogen-bond donors (Lipinski definition) is 0. The molecular formula is C49H37N. The SMILES string of the molecule is C=C/C=C\c1cc(-c2cccc(N(c3cccc(-c4ccccc4)c3)c3ccccc3-c3ccc4ccccc4c3)c2)c2ccccc2c1C. The van der Waals surface area contributed by atoms with Crippen molar-refractivity contribution in [1.82, 2.24) is 0 Å². The topological polar surface area (TPSA) is 3.24 Å². The molecular weight excluding hydrogens is 603 g/mol. The molecule has 0 saturated carbocycles. The quantitative estimate of drug-likeness (QED) is 0.150. The lowest BCUT2D eigenvalue weighted by Gasteiger charge is -2.29. The van der Waals surface area contributed by atoms with Crippen LogP contribution in [0.15, 0.2) is 195 Å². The Morgan fingerprint density at radius 1 is 0.460 bits per heavy atom. The van der Waals surface area contributed by atoms with Gasteiger partial charge in [-0.15, -0.1) is 0 Å². The lowest BCUT2D eigenvalue weighted by molar-refractivity contribution is 1.28. The lowest BCUT2D eigenvalue weighted by Crippen LogP contribution is -2.11. The molecule has 0 fully saturated rings. The van der Waals surface area contributed by atoms with Gasteiger partial charge in [-0.2, -0.15) is 0 Å². The highest BCUT2D eigenvalue weighted by molar-refractivity contribution is 6.01. The first kappa shape index (κ1) is 30.9.